The first-order chi connectivity index (χ1) is 8.97. The van der Waals surface area contributed by atoms with Crippen LogP contribution in [0.2, 0.25) is 0 Å². The van der Waals surface area contributed by atoms with Crippen molar-refractivity contribution in [3.05, 3.63) is 0 Å². The van der Waals surface area contributed by atoms with E-state index in [0.29, 0.717) is 36.8 Å². The first-order valence-electron chi connectivity index (χ1n) is 7.50. The third kappa shape index (κ3) is 5.11. The fraction of sp³-hybridized carbons (Fsp3) is 0.933. The summed E-state index contributed by atoms with van der Waals surface area (Å²) in [5.41, 5.74) is 5.56. The van der Waals surface area contributed by atoms with Crippen molar-refractivity contribution in [3.63, 3.8) is 0 Å². The van der Waals surface area contributed by atoms with E-state index >= 15 is 0 Å². The van der Waals surface area contributed by atoms with Crippen LogP contribution in [0, 0.1) is 17.8 Å². The van der Waals surface area contributed by atoms with Crippen LogP contribution in [-0.2, 0) is 9.53 Å². The van der Waals surface area contributed by atoms with Crippen molar-refractivity contribution in [1.82, 2.24) is 5.32 Å². The molecule has 4 unspecified atom stereocenters. The van der Waals surface area contributed by atoms with Gasteiger partial charge in [-0.15, -0.1) is 0 Å². The van der Waals surface area contributed by atoms with Gasteiger partial charge in [-0.05, 0) is 30.6 Å². The number of nitrogens with one attached hydrogen (secondary N) is 1. The van der Waals surface area contributed by atoms with Gasteiger partial charge in [-0.2, -0.15) is 0 Å². The van der Waals surface area contributed by atoms with Crippen molar-refractivity contribution in [2.75, 3.05) is 13.7 Å². The molecule has 1 fully saturated rings. The topological polar surface area (TPSA) is 64.3 Å². The summed E-state index contributed by atoms with van der Waals surface area (Å²) in [5, 5.41) is 3.21. The largest absolute Gasteiger partial charge is 0.380 e. The lowest BCUT2D eigenvalue weighted by Gasteiger charge is -2.38. The molecule has 19 heavy (non-hydrogen) atoms. The van der Waals surface area contributed by atoms with E-state index in [1.165, 1.54) is 12.8 Å². The Morgan fingerprint density at radius 2 is 2.11 bits per heavy atom. The van der Waals surface area contributed by atoms with Crippen LogP contribution in [0.4, 0.5) is 0 Å². The quantitative estimate of drug-likeness (QED) is 0.775. The molecule has 0 spiro atoms. The van der Waals surface area contributed by atoms with Crippen molar-refractivity contribution >= 4 is 5.91 Å². The van der Waals surface area contributed by atoms with E-state index in [1.54, 1.807) is 7.11 Å². The van der Waals surface area contributed by atoms with Gasteiger partial charge in [0.15, 0.2) is 0 Å². The van der Waals surface area contributed by atoms with E-state index < -0.39 is 0 Å². The van der Waals surface area contributed by atoms with Crippen LogP contribution in [0.1, 0.15) is 46.5 Å². The normalized spacial score (nSPS) is 29.3. The molecule has 3 N–H and O–H groups in total. The summed E-state index contributed by atoms with van der Waals surface area (Å²) in [6, 6.07) is 0.312. The fourth-order valence-electron chi connectivity index (χ4n) is 3.10. The van der Waals surface area contributed by atoms with Gasteiger partial charge in [0.2, 0.25) is 5.91 Å². The summed E-state index contributed by atoms with van der Waals surface area (Å²) in [6.07, 6.45) is 3.78. The van der Waals surface area contributed by atoms with Crippen molar-refractivity contribution in [2.24, 2.45) is 23.5 Å². The number of carbonyl (C=O) groups excluding carboxylic acids is 1. The summed E-state index contributed by atoms with van der Waals surface area (Å²) >= 11 is 0. The average molecular weight is 270 g/mol. The summed E-state index contributed by atoms with van der Waals surface area (Å²) < 4.78 is 5.17. The standard InChI is InChI=1S/C15H30N2O2/c1-10(2)13-6-5-11(3)7-14(13)17-15(18)8-12(9-16)19-4/h10-14H,5-9,16H2,1-4H3,(H,17,18). The van der Waals surface area contributed by atoms with Crippen molar-refractivity contribution < 1.29 is 9.53 Å². The molecule has 4 atom stereocenters. The first kappa shape index (κ1) is 16.4. The molecule has 0 aromatic rings. The lowest BCUT2D eigenvalue weighted by atomic mass is 9.74. The number of hydrogen-bond acceptors (Lipinski definition) is 3. The Kier molecular flexibility index (Phi) is 6.80. The fourth-order valence-corrected chi connectivity index (χ4v) is 3.10. The van der Waals surface area contributed by atoms with E-state index in [2.05, 4.69) is 26.1 Å². The van der Waals surface area contributed by atoms with Crippen molar-refractivity contribution in [2.45, 2.75) is 58.6 Å². The number of carbonyl (C=O) groups is 1. The van der Waals surface area contributed by atoms with Crippen LogP contribution in [0.15, 0.2) is 0 Å². The minimum atomic E-state index is -0.168. The average Bonchev–Trinajstić information content (AvgIpc) is 2.35. The van der Waals surface area contributed by atoms with Crippen LogP contribution in [0.3, 0.4) is 0 Å². The third-order valence-electron chi connectivity index (χ3n) is 4.38. The number of rotatable bonds is 6. The second-order valence-corrected chi connectivity index (χ2v) is 6.30. The van der Waals surface area contributed by atoms with Gasteiger partial charge >= 0.3 is 0 Å². The van der Waals surface area contributed by atoms with Crippen molar-refractivity contribution in [3.8, 4) is 0 Å². The Hall–Kier alpha value is -0.610. The van der Waals surface area contributed by atoms with Crippen molar-refractivity contribution in [1.29, 1.82) is 0 Å². The molecule has 0 aliphatic heterocycles. The summed E-state index contributed by atoms with van der Waals surface area (Å²) in [7, 11) is 1.60. The predicted molar refractivity (Wildman–Crippen MR) is 77.7 cm³/mol. The molecule has 1 rings (SSSR count). The monoisotopic (exact) mass is 270 g/mol. The SMILES string of the molecule is COC(CN)CC(=O)NC1CC(C)CCC1C(C)C. The van der Waals surface area contributed by atoms with E-state index in [9.17, 15) is 4.79 Å². The minimum Gasteiger partial charge on any atom is -0.380 e. The molecule has 0 saturated heterocycles. The van der Waals surface area contributed by atoms with Gasteiger partial charge in [0.05, 0.1) is 12.5 Å². The number of nitrogens with two attached hydrogens (primary N) is 1. The highest BCUT2D eigenvalue weighted by atomic mass is 16.5. The summed E-state index contributed by atoms with van der Waals surface area (Å²) in [4.78, 5) is 12.1. The Morgan fingerprint density at radius 3 is 2.63 bits per heavy atom. The van der Waals surface area contributed by atoms with E-state index in [4.69, 9.17) is 10.5 Å². The molecular formula is C15H30N2O2. The Labute approximate surface area is 117 Å². The third-order valence-corrected chi connectivity index (χ3v) is 4.38. The molecule has 1 saturated carbocycles. The van der Waals surface area contributed by atoms with Crippen LogP contribution in [0.5, 0.6) is 0 Å². The smallest absolute Gasteiger partial charge is 0.222 e. The summed E-state index contributed by atoms with van der Waals surface area (Å²) in [6.45, 7) is 7.15. The molecule has 1 aliphatic rings. The molecule has 1 aliphatic carbocycles. The zero-order valence-electron chi connectivity index (χ0n) is 12.8. The van der Waals surface area contributed by atoms with Crippen LogP contribution >= 0.6 is 0 Å². The second kappa shape index (κ2) is 7.85. The Morgan fingerprint density at radius 1 is 1.42 bits per heavy atom. The van der Waals surface area contributed by atoms with E-state index in [-0.39, 0.29) is 12.0 Å². The lowest BCUT2D eigenvalue weighted by molar-refractivity contribution is -0.125. The van der Waals surface area contributed by atoms with Gasteiger partial charge in [0.25, 0.3) is 0 Å². The number of hydrogen-bond donors (Lipinski definition) is 2. The highest BCUT2D eigenvalue weighted by Gasteiger charge is 2.31. The zero-order valence-corrected chi connectivity index (χ0v) is 12.8. The van der Waals surface area contributed by atoms with Gasteiger partial charge in [-0.1, -0.05) is 27.2 Å². The number of ether oxygens (including phenoxy) is 1. The molecule has 4 heteroatoms. The lowest BCUT2D eigenvalue weighted by Crippen LogP contribution is -2.46. The molecule has 0 bridgehead atoms. The molecule has 1 amide bonds. The highest BCUT2D eigenvalue weighted by Crippen LogP contribution is 2.33. The maximum absolute atomic E-state index is 12.1. The maximum Gasteiger partial charge on any atom is 0.222 e. The van der Waals surface area contributed by atoms with Crippen LogP contribution < -0.4 is 11.1 Å². The maximum atomic E-state index is 12.1. The Bertz CT molecular complexity index is 277. The van der Waals surface area contributed by atoms with Gasteiger partial charge in [-0.25, -0.2) is 0 Å². The Balaban J connectivity index is 2.53. The zero-order chi connectivity index (χ0) is 14.4. The van der Waals surface area contributed by atoms with Crippen LogP contribution in [0.25, 0.3) is 0 Å². The molecule has 0 aromatic heterocycles. The molecule has 4 nitrogen and oxygen atoms in total. The molecular weight excluding hydrogens is 240 g/mol. The van der Waals surface area contributed by atoms with Crippen LogP contribution in [-0.4, -0.2) is 31.7 Å². The first-order valence-corrected chi connectivity index (χ1v) is 7.50. The second-order valence-electron chi connectivity index (χ2n) is 6.30. The number of amides is 1. The molecule has 0 aromatic carbocycles. The van der Waals surface area contributed by atoms with E-state index in [1.807, 2.05) is 0 Å². The minimum absolute atomic E-state index is 0.0713. The van der Waals surface area contributed by atoms with E-state index in [0.717, 1.165) is 6.42 Å². The predicted octanol–water partition coefficient (Wildman–Crippen LogP) is 1.93. The summed E-state index contributed by atoms with van der Waals surface area (Å²) in [5.74, 6) is 1.99. The molecule has 0 heterocycles. The van der Waals surface area contributed by atoms with Gasteiger partial charge < -0.3 is 15.8 Å². The molecule has 112 valence electrons. The van der Waals surface area contributed by atoms with Gasteiger partial charge in [-0.3, -0.25) is 4.79 Å². The number of methoxy groups -OCH3 is 1. The highest BCUT2D eigenvalue weighted by molar-refractivity contribution is 5.76. The molecule has 0 radical (unpaired) electrons. The van der Waals surface area contributed by atoms with Gasteiger partial charge in [0.1, 0.15) is 0 Å². The van der Waals surface area contributed by atoms with Gasteiger partial charge in [0, 0.05) is 19.7 Å².